The summed E-state index contributed by atoms with van der Waals surface area (Å²) >= 11 is 0. The molecule has 1 rings (SSSR count). The van der Waals surface area contributed by atoms with Gasteiger partial charge in [0, 0.05) is 12.1 Å². The van der Waals surface area contributed by atoms with E-state index in [4.69, 9.17) is 14.2 Å². The largest absolute Gasteiger partial charge is 0.497 e. The summed E-state index contributed by atoms with van der Waals surface area (Å²) in [5.74, 6) is -0.128. The van der Waals surface area contributed by atoms with E-state index in [0.717, 1.165) is 0 Å². The summed E-state index contributed by atoms with van der Waals surface area (Å²) in [6.07, 6.45) is 0.217. The number of ether oxygens (including phenoxy) is 3. The smallest absolute Gasteiger partial charge is 0.347 e. The van der Waals surface area contributed by atoms with E-state index in [1.807, 2.05) is 6.92 Å². The fourth-order valence-electron chi connectivity index (χ4n) is 1.74. The van der Waals surface area contributed by atoms with Crippen LogP contribution in [0.2, 0.25) is 0 Å². The van der Waals surface area contributed by atoms with Gasteiger partial charge in [-0.1, -0.05) is 13.3 Å². The fourth-order valence-corrected chi connectivity index (χ4v) is 1.74. The van der Waals surface area contributed by atoms with Crippen molar-refractivity contribution < 1.29 is 23.9 Å². The maximum absolute atomic E-state index is 11.8. The van der Waals surface area contributed by atoms with E-state index in [9.17, 15) is 14.9 Å². The first kappa shape index (κ1) is 16.7. The lowest BCUT2D eigenvalue weighted by Crippen LogP contribution is -2.29. The maximum Gasteiger partial charge on any atom is 0.347 e. The van der Waals surface area contributed by atoms with Crippen molar-refractivity contribution in [1.29, 1.82) is 0 Å². The summed E-state index contributed by atoms with van der Waals surface area (Å²) in [5.41, 5.74) is -0.221. The van der Waals surface area contributed by atoms with Gasteiger partial charge < -0.3 is 14.2 Å². The molecule has 21 heavy (non-hydrogen) atoms. The molecule has 116 valence electrons. The van der Waals surface area contributed by atoms with Gasteiger partial charge in [-0.2, -0.15) is 0 Å². The second-order valence-corrected chi connectivity index (χ2v) is 4.24. The minimum Gasteiger partial charge on any atom is -0.497 e. The molecular weight excluding hydrogens is 278 g/mol. The number of esters is 1. The molecule has 0 aliphatic carbocycles. The molecule has 0 radical (unpaired) electrons. The number of hydrogen-bond acceptors (Lipinski definition) is 6. The molecule has 1 unspecified atom stereocenters. The Kier molecular flexibility index (Phi) is 6.45. The molecular formula is C14H19NO6. The highest BCUT2D eigenvalue weighted by Crippen LogP contribution is 2.32. The number of carbonyl (C=O) groups excluding carboxylic acids is 1. The lowest BCUT2D eigenvalue weighted by Gasteiger charge is -2.17. The third-order valence-corrected chi connectivity index (χ3v) is 2.73. The molecule has 0 aliphatic rings. The monoisotopic (exact) mass is 297 g/mol. The van der Waals surface area contributed by atoms with Crippen LogP contribution in [0.3, 0.4) is 0 Å². The van der Waals surface area contributed by atoms with Crippen LogP contribution in [-0.2, 0) is 9.53 Å². The molecule has 7 nitrogen and oxygen atoms in total. The van der Waals surface area contributed by atoms with Crippen molar-refractivity contribution >= 4 is 11.7 Å². The standard InChI is InChI=1S/C14H19NO6/c1-4-6-12(14(16)20-5-2)21-13-9-10(19-3)7-8-11(13)15(17)18/h7-9,12H,4-6H2,1-3H3. The molecule has 0 spiro atoms. The lowest BCUT2D eigenvalue weighted by atomic mass is 10.2. The minimum absolute atomic E-state index is 0.00847. The molecule has 0 saturated carbocycles. The van der Waals surface area contributed by atoms with E-state index in [2.05, 4.69) is 0 Å². The highest BCUT2D eigenvalue weighted by Gasteiger charge is 2.25. The highest BCUT2D eigenvalue weighted by atomic mass is 16.6. The van der Waals surface area contributed by atoms with E-state index in [1.165, 1.54) is 25.3 Å². The summed E-state index contributed by atoms with van der Waals surface area (Å²) in [5, 5.41) is 11.0. The fraction of sp³-hybridized carbons (Fsp3) is 0.500. The van der Waals surface area contributed by atoms with Crippen LogP contribution in [0.5, 0.6) is 11.5 Å². The van der Waals surface area contributed by atoms with Gasteiger partial charge in [0.2, 0.25) is 5.75 Å². The van der Waals surface area contributed by atoms with Crippen LogP contribution in [-0.4, -0.2) is 30.7 Å². The van der Waals surface area contributed by atoms with Crippen molar-refractivity contribution in [1.82, 2.24) is 0 Å². The van der Waals surface area contributed by atoms with Gasteiger partial charge in [-0.25, -0.2) is 4.79 Å². The van der Waals surface area contributed by atoms with Gasteiger partial charge in [0.25, 0.3) is 0 Å². The maximum atomic E-state index is 11.8. The number of methoxy groups -OCH3 is 1. The second-order valence-electron chi connectivity index (χ2n) is 4.24. The van der Waals surface area contributed by atoms with Crippen LogP contribution in [0.4, 0.5) is 5.69 Å². The molecule has 1 atom stereocenters. The van der Waals surface area contributed by atoms with Crippen molar-refractivity contribution in [3.8, 4) is 11.5 Å². The van der Waals surface area contributed by atoms with Crippen LogP contribution >= 0.6 is 0 Å². The van der Waals surface area contributed by atoms with E-state index in [-0.39, 0.29) is 18.0 Å². The molecule has 0 saturated heterocycles. The third kappa shape index (κ3) is 4.62. The zero-order chi connectivity index (χ0) is 15.8. The Morgan fingerprint density at radius 1 is 1.38 bits per heavy atom. The Hall–Kier alpha value is -2.31. The first-order valence-corrected chi connectivity index (χ1v) is 6.69. The molecule has 0 bridgehead atoms. The summed E-state index contributed by atoms with van der Waals surface area (Å²) in [4.78, 5) is 22.3. The average Bonchev–Trinajstić information content (AvgIpc) is 2.46. The van der Waals surface area contributed by atoms with E-state index in [1.54, 1.807) is 6.92 Å². The average molecular weight is 297 g/mol. The molecule has 1 aromatic rings. The quantitative estimate of drug-likeness (QED) is 0.416. The summed E-state index contributed by atoms with van der Waals surface area (Å²) in [7, 11) is 1.44. The Morgan fingerprint density at radius 2 is 2.10 bits per heavy atom. The summed E-state index contributed by atoms with van der Waals surface area (Å²) < 4.78 is 15.4. The van der Waals surface area contributed by atoms with Crippen LogP contribution in [0.1, 0.15) is 26.7 Å². The van der Waals surface area contributed by atoms with Gasteiger partial charge in [-0.05, 0) is 19.4 Å². The van der Waals surface area contributed by atoms with Crippen LogP contribution in [0.15, 0.2) is 18.2 Å². The van der Waals surface area contributed by atoms with Crippen molar-refractivity contribution in [2.24, 2.45) is 0 Å². The number of hydrogen-bond donors (Lipinski definition) is 0. The Balaban J connectivity index is 3.05. The van der Waals surface area contributed by atoms with Gasteiger partial charge in [0.1, 0.15) is 5.75 Å². The normalized spacial score (nSPS) is 11.6. The minimum atomic E-state index is -0.874. The van der Waals surface area contributed by atoms with Crippen molar-refractivity contribution in [3.63, 3.8) is 0 Å². The number of nitrogens with zero attached hydrogens (tertiary/aromatic N) is 1. The Morgan fingerprint density at radius 3 is 2.62 bits per heavy atom. The van der Waals surface area contributed by atoms with Crippen molar-refractivity contribution in [2.45, 2.75) is 32.8 Å². The predicted molar refractivity (Wildman–Crippen MR) is 75.6 cm³/mol. The van der Waals surface area contributed by atoms with E-state index >= 15 is 0 Å². The molecule has 1 aromatic carbocycles. The Bertz CT molecular complexity index is 502. The topological polar surface area (TPSA) is 87.9 Å². The molecule has 0 amide bonds. The van der Waals surface area contributed by atoms with Crippen LogP contribution in [0.25, 0.3) is 0 Å². The molecule has 7 heteroatoms. The third-order valence-electron chi connectivity index (χ3n) is 2.73. The van der Waals surface area contributed by atoms with Gasteiger partial charge in [0.15, 0.2) is 6.10 Å². The number of nitro groups is 1. The zero-order valence-electron chi connectivity index (χ0n) is 12.3. The molecule has 0 aromatic heterocycles. The van der Waals surface area contributed by atoms with Gasteiger partial charge in [-0.3, -0.25) is 10.1 Å². The second kappa shape index (κ2) is 8.08. The Labute approximate surface area is 123 Å². The first-order valence-electron chi connectivity index (χ1n) is 6.69. The van der Waals surface area contributed by atoms with E-state index in [0.29, 0.717) is 18.6 Å². The predicted octanol–water partition coefficient (Wildman–Crippen LogP) is 2.71. The van der Waals surface area contributed by atoms with Gasteiger partial charge >= 0.3 is 11.7 Å². The molecule has 0 N–H and O–H groups in total. The van der Waals surface area contributed by atoms with Crippen molar-refractivity contribution in [2.75, 3.05) is 13.7 Å². The summed E-state index contributed by atoms with van der Waals surface area (Å²) in [6.45, 7) is 3.80. The summed E-state index contributed by atoms with van der Waals surface area (Å²) in [6, 6.07) is 4.13. The SMILES string of the molecule is CCCC(Oc1cc(OC)ccc1[N+](=O)[O-])C(=O)OCC. The molecule has 0 aliphatic heterocycles. The first-order chi connectivity index (χ1) is 10.0. The van der Waals surface area contributed by atoms with Gasteiger partial charge in [-0.15, -0.1) is 0 Å². The number of nitro benzene ring substituents is 1. The highest BCUT2D eigenvalue weighted by molar-refractivity contribution is 5.75. The van der Waals surface area contributed by atoms with Gasteiger partial charge in [0.05, 0.1) is 18.6 Å². The zero-order valence-corrected chi connectivity index (χ0v) is 12.3. The molecule has 0 fully saturated rings. The van der Waals surface area contributed by atoms with Crippen LogP contribution in [0, 0.1) is 10.1 Å². The number of rotatable bonds is 8. The van der Waals surface area contributed by atoms with Crippen LogP contribution < -0.4 is 9.47 Å². The lowest BCUT2D eigenvalue weighted by molar-refractivity contribution is -0.386. The molecule has 0 heterocycles. The number of benzene rings is 1. The number of carbonyl (C=O) groups is 1. The van der Waals surface area contributed by atoms with Crippen molar-refractivity contribution in [3.05, 3.63) is 28.3 Å². The van der Waals surface area contributed by atoms with E-state index < -0.39 is 17.0 Å².